The first kappa shape index (κ1) is 11.4. The molecule has 0 amide bonds. The summed E-state index contributed by atoms with van der Waals surface area (Å²) in [7, 11) is 1.99. The van der Waals surface area contributed by atoms with Gasteiger partial charge in [0.2, 0.25) is 0 Å². The van der Waals surface area contributed by atoms with E-state index in [2.05, 4.69) is 22.3 Å². The van der Waals surface area contributed by atoms with Gasteiger partial charge in [-0.1, -0.05) is 17.7 Å². The number of halogens is 1. The Labute approximate surface area is 108 Å². The highest BCUT2D eigenvalue weighted by atomic mass is 35.5. The zero-order chi connectivity index (χ0) is 11.8. The lowest BCUT2D eigenvalue weighted by atomic mass is 10.1. The van der Waals surface area contributed by atoms with Crippen molar-refractivity contribution in [1.29, 1.82) is 0 Å². The van der Waals surface area contributed by atoms with Crippen LogP contribution in [0.15, 0.2) is 18.2 Å². The molecule has 2 atom stereocenters. The molecule has 3 heteroatoms. The van der Waals surface area contributed by atoms with Gasteiger partial charge in [-0.3, -0.25) is 0 Å². The van der Waals surface area contributed by atoms with Gasteiger partial charge in [0, 0.05) is 29.8 Å². The average Bonchev–Trinajstić information content (AvgIpc) is 2.93. The maximum Gasteiger partial charge on any atom is 0.0429 e. The third kappa shape index (κ3) is 2.04. The molecule has 3 rings (SSSR count). The molecule has 1 saturated heterocycles. The fourth-order valence-electron chi connectivity index (χ4n) is 3.36. The molecule has 92 valence electrons. The SMILES string of the molecule is CNCc1ccc(Cl)cc1N1CC2CCC1C2. The van der Waals surface area contributed by atoms with Crippen molar-refractivity contribution in [2.45, 2.75) is 31.8 Å². The number of hydrogen-bond acceptors (Lipinski definition) is 2. The van der Waals surface area contributed by atoms with Crippen LogP contribution in [0.4, 0.5) is 5.69 Å². The summed E-state index contributed by atoms with van der Waals surface area (Å²) in [6.07, 6.45) is 4.16. The quantitative estimate of drug-likeness (QED) is 0.887. The summed E-state index contributed by atoms with van der Waals surface area (Å²) in [5.74, 6) is 0.918. The van der Waals surface area contributed by atoms with Crippen LogP contribution in [-0.2, 0) is 6.54 Å². The Balaban J connectivity index is 1.92. The van der Waals surface area contributed by atoms with Gasteiger partial charge in [-0.25, -0.2) is 0 Å². The molecule has 0 aromatic heterocycles. The second kappa shape index (κ2) is 4.51. The van der Waals surface area contributed by atoms with Gasteiger partial charge in [-0.05, 0) is 49.9 Å². The van der Waals surface area contributed by atoms with E-state index in [1.807, 2.05) is 13.1 Å². The minimum atomic E-state index is 0.758. The molecule has 2 unspecified atom stereocenters. The maximum absolute atomic E-state index is 6.15. The van der Waals surface area contributed by atoms with Crippen LogP contribution < -0.4 is 10.2 Å². The fourth-order valence-corrected chi connectivity index (χ4v) is 3.53. The van der Waals surface area contributed by atoms with Crippen molar-refractivity contribution in [2.24, 2.45) is 5.92 Å². The molecular formula is C14H19ClN2. The Bertz CT molecular complexity index is 419. The summed E-state index contributed by atoms with van der Waals surface area (Å²) < 4.78 is 0. The maximum atomic E-state index is 6.15. The molecule has 2 aliphatic rings. The predicted octanol–water partition coefficient (Wildman–Crippen LogP) is 3.05. The van der Waals surface area contributed by atoms with E-state index in [9.17, 15) is 0 Å². The van der Waals surface area contributed by atoms with E-state index in [1.165, 1.54) is 37.1 Å². The second-order valence-corrected chi connectivity index (χ2v) is 5.73. The zero-order valence-electron chi connectivity index (χ0n) is 10.2. The van der Waals surface area contributed by atoms with E-state index in [1.54, 1.807) is 0 Å². The van der Waals surface area contributed by atoms with E-state index in [-0.39, 0.29) is 0 Å². The number of nitrogens with zero attached hydrogens (tertiary/aromatic N) is 1. The third-order valence-electron chi connectivity index (χ3n) is 4.13. The van der Waals surface area contributed by atoms with Crippen LogP contribution in [0.25, 0.3) is 0 Å². The van der Waals surface area contributed by atoms with Crippen LogP contribution in [0.1, 0.15) is 24.8 Å². The predicted molar refractivity (Wildman–Crippen MR) is 72.7 cm³/mol. The highest BCUT2D eigenvalue weighted by Crippen LogP contribution is 2.41. The Morgan fingerprint density at radius 1 is 1.41 bits per heavy atom. The molecule has 0 radical (unpaired) electrons. The van der Waals surface area contributed by atoms with Crippen molar-refractivity contribution in [3.05, 3.63) is 28.8 Å². The molecule has 1 aliphatic heterocycles. The van der Waals surface area contributed by atoms with E-state index >= 15 is 0 Å². The summed E-state index contributed by atoms with van der Waals surface area (Å²) in [4.78, 5) is 2.58. The van der Waals surface area contributed by atoms with E-state index in [0.717, 1.165) is 23.5 Å². The molecule has 1 N–H and O–H groups in total. The van der Waals surface area contributed by atoms with E-state index in [4.69, 9.17) is 11.6 Å². The summed E-state index contributed by atoms with van der Waals surface area (Å²) in [5.41, 5.74) is 2.71. The normalized spacial score (nSPS) is 26.8. The first-order chi connectivity index (χ1) is 8.28. The summed E-state index contributed by atoms with van der Waals surface area (Å²) in [6, 6.07) is 7.04. The smallest absolute Gasteiger partial charge is 0.0429 e. The molecule has 1 aliphatic carbocycles. The van der Waals surface area contributed by atoms with Crippen LogP contribution in [0.2, 0.25) is 5.02 Å². The lowest BCUT2D eigenvalue weighted by Crippen LogP contribution is -2.33. The minimum Gasteiger partial charge on any atom is -0.368 e. The number of rotatable bonds is 3. The third-order valence-corrected chi connectivity index (χ3v) is 4.37. The second-order valence-electron chi connectivity index (χ2n) is 5.29. The van der Waals surface area contributed by atoms with Crippen LogP contribution in [0, 0.1) is 5.92 Å². The number of hydrogen-bond donors (Lipinski definition) is 1. The van der Waals surface area contributed by atoms with Crippen molar-refractivity contribution in [1.82, 2.24) is 5.32 Å². The molecule has 2 nitrogen and oxygen atoms in total. The molecule has 0 spiro atoms. The van der Waals surface area contributed by atoms with E-state index < -0.39 is 0 Å². The van der Waals surface area contributed by atoms with Gasteiger partial charge < -0.3 is 10.2 Å². The fraction of sp³-hybridized carbons (Fsp3) is 0.571. The summed E-state index contributed by atoms with van der Waals surface area (Å²) >= 11 is 6.15. The summed E-state index contributed by atoms with van der Waals surface area (Å²) in [5, 5.41) is 4.09. The highest BCUT2D eigenvalue weighted by molar-refractivity contribution is 6.30. The molecule has 2 bridgehead atoms. The van der Waals surface area contributed by atoms with Crippen LogP contribution in [0.3, 0.4) is 0 Å². The van der Waals surface area contributed by atoms with Gasteiger partial charge in [0.1, 0.15) is 0 Å². The van der Waals surface area contributed by atoms with Gasteiger partial charge in [-0.2, -0.15) is 0 Å². The Morgan fingerprint density at radius 2 is 2.29 bits per heavy atom. The molecular weight excluding hydrogens is 232 g/mol. The number of anilines is 1. The number of nitrogens with one attached hydrogen (secondary N) is 1. The first-order valence-corrected chi connectivity index (χ1v) is 6.85. The largest absolute Gasteiger partial charge is 0.368 e. The Kier molecular flexibility index (Phi) is 3.01. The molecule has 1 saturated carbocycles. The molecule has 2 fully saturated rings. The van der Waals surface area contributed by atoms with E-state index in [0.29, 0.717) is 0 Å². The lowest BCUT2D eigenvalue weighted by Gasteiger charge is -2.31. The molecule has 1 aromatic rings. The number of benzene rings is 1. The summed E-state index contributed by atoms with van der Waals surface area (Å²) in [6.45, 7) is 2.14. The van der Waals surface area contributed by atoms with Gasteiger partial charge in [0.05, 0.1) is 0 Å². The number of fused-ring (bicyclic) bond motifs is 2. The van der Waals surface area contributed by atoms with Crippen molar-refractivity contribution in [3.8, 4) is 0 Å². The molecule has 1 heterocycles. The van der Waals surface area contributed by atoms with Gasteiger partial charge in [0.25, 0.3) is 0 Å². The number of piperidine rings is 1. The average molecular weight is 251 g/mol. The molecule has 1 aromatic carbocycles. The standard InChI is InChI=1S/C14H19ClN2/c1-16-8-11-3-4-12(15)7-14(11)17-9-10-2-5-13(17)6-10/h3-4,7,10,13,16H,2,5-6,8-9H2,1H3. The zero-order valence-corrected chi connectivity index (χ0v) is 11.0. The monoisotopic (exact) mass is 250 g/mol. The lowest BCUT2D eigenvalue weighted by molar-refractivity contribution is 0.552. The first-order valence-electron chi connectivity index (χ1n) is 6.47. The minimum absolute atomic E-state index is 0.758. The Morgan fingerprint density at radius 3 is 2.94 bits per heavy atom. The van der Waals surface area contributed by atoms with Gasteiger partial charge in [0.15, 0.2) is 0 Å². The van der Waals surface area contributed by atoms with Crippen LogP contribution >= 0.6 is 11.6 Å². The van der Waals surface area contributed by atoms with Crippen LogP contribution in [-0.4, -0.2) is 19.6 Å². The van der Waals surface area contributed by atoms with Crippen LogP contribution in [0.5, 0.6) is 0 Å². The van der Waals surface area contributed by atoms with Gasteiger partial charge >= 0.3 is 0 Å². The van der Waals surface area contributed by atoms with Crippen molar-refractivity contribution in [2.75, 3.05) is 18.5 Å². The van der Waals surface area contributed by atoms with Crippen molar-refractivity contribution >= 4 is 17.3 Å². The molecule has 17 heavy (non-hydrogen) atoms. The van der Waals surface area contributed by atoms with Crippen molar-refractivity contribution < 1.29 is 0 Å². The van der Waals surface area contributed by atoms with Gasteiger partial charge in [-0.15, -0.1) is 0 Å². The van der Waals surface area contributed by atoms with Crippen molar-refractivity contribution in [3.63, 3.8) is 0 Å². The highest BCUT2D eigenvalue weighted by Gasteiger charge is 2.38. The topological polar surface area (TPSA) is 15.3 Å². The Hall–Kier alpha value is -0.730.